The Balaban J connectivity index is 1.92. The van der Waals surface area contributed by atoms with Crippen LogP contribution in [0.15, 0.2) is 42.7 Å². The Bertz CT molecular complexity index is 1090. The number of hydrogen-bond acceptors (Lipinski definition) is 5. The van der Waals surface area contributed by atoms with Crippen LogP contribution in [0, 0.1) is 6.92 Å². The molecule has 0 atom stereocenters. The highest BCUT2D eigenvalue weighted by atomic mass is 32.2. The molecule has 1 N–H and O–H groups in total. The summed E-state index contributed by atoms with van der Waals surface area (Å²) in [6.45, 7) is 13.5. The van der Waals surface area contributed by atoms with Crippen molar-refractivity contribution in [1.29, 1.82) is 0 Å². The van der Waals surface area contributed by atoms with Gasteiger partial charge in [0.05, 0.1) is 25.1 Å². The lowest BCUT2D eigenvalue weighted by atomic mass is 9.83. The molecule has 0 saturated heterocycles. The molecule has 0 spiro atoms. The number of rotatable bonds is 6. The molecule has 33 heavy (non-hydrogen) atoms. The summed E-state index contributed by atoms with van der Waals surface area (Å²) in [6, 6.07) is 9.32. The van der Waals surface area contributed by atoms with Crippen LogP contribution in [0.5, 0.6) is 5.75 Å². The number of methoxy groups -OCH3 is 1. The van der Waals surface area contributed by atoms with Crippen molar-refractivity contribution in [3.8, 4) is 16.9 Å². The number of aliphatic hydroxyl groups is 1. The molecule has 4 nitrogen and oxygen atoms in total. The zero-order valence-corrected chi connectivity index (χ0v) is 21.4. The maximum Gasteiger partial charge on any atom is 0.119 e. The van der Waals surface area contributed by atoms with E-state index in [2.05, 4.69) is 73.2 Å². The molecule has 2 aliphatic heterocycles. The second kappa shape index (κ2) is 9.86. The van der Waals surface area contributed by atoms with Gasteiger partial charge in [-0.05, 0) is 91.7 Å². The van der Waals surface area contributed by atoms with Crippen molar-refractivity contribution in [2.75, 3.05) is 30.8 Å². The van der Waals surface area contributed by atoms with E-state index in [1.807, 2.05) is 0 Å². The van der Waals surface area contributed by atoms with Crippen LogP contribution in [-0.2, 0) is 13.0 Å². The molecule has 2 aromatic rings. The van der Waals surface area contributed by atoms with Gasteiger partial charge >= 0.3 is 0 Å². The number of benzene rings is 2. The molecule has 0 amide bonds. The molecule has 0 saturated carbocycles. The van der Waals surface area contributed by atoms with E-state index < -0.39 is 0 Å². The average Bonchev–Trinajstić information content (AvgIpc) is 3.05. The zero-order valence-electron chi connectivity index (χ0n) is 20.6. The molecule has 0 aromatic heterocycles. The molecule has 2 aromatic carbocycles. The molecule has 0 radical (unpaired) electrons. The van der Waals surface area contributed by atoms with Crippen LogP contribution < -0.4 is 9.04 Å². The van der Waals surface area contributed by atoms with Crippen molar-refractivity contribution in [2.45, 2.75) is 52.6 Å². The third kappa shape index (κ3) is 4.67. The molecule has 176 valence electrons. The fourth-order valence-electron chi connectivity index (χ4n) is 5.18. The highest BCUT2D eigenvalue weighted by Gasteiger charge is 2.28. The smallest absolute Gasteiger partial charge is 0.119 e. The third-order valence-corrected chi connectivity index (χ3v) is 7.74. The highest BCUT2D eigenvalue weighted by Crippen LogP contribution is 2.48. The summed E-state index contributed by atoms with van der Waals surface area (Å²) in [6.07, 6.45) is 7.21. The van der Waals surface area contributed by atoms with Crippen LogP contribution in [0.25, 0.3) is 16.7 Å². The van der Waals surface area contributed by atoms with E-state index >= 15 is 0 Å². The first-order valence-corrected chi connectivity index (χ1v) is 13.0. The molecular formula is C28H36N2O2S. The normalized spacial score (nSPS) is 16.2. The summed E-state index contributed by atoms with van der Waals surface area (Å²) in [5, 5.41) is 10.2. The van der Waals surface area contributed by atoms with Gasteiger partial charge in [-0.1, -0.05) is 30.7 Å². The summed E-state index contributed by atoms with van der Waals surface area (Å²) in [7, 11) is 1.72. The van der Waals surface area contributed by atoms with Gasteiger partial charge in [0.2, 0.25) is 0 Å². The lowest BCUT2D eigenvalue weighted by Crippen LogP contribution is -2.31. The standard InChI is InChI=1S/C28H36N2O2S/c1-18(2)29-12-7-8-21(11-13-29)26-16-27-24-10-9-23(32-5)15-22(24)17-30(33-6)28(27)20(4)25(26)14-19(3)31/h9-11,15-16,18,31H,3,7-8,12-14,17H2,1-2,4-6H3. The Morgan fingerprint density at radius 3 is 2.67 bits per heavy atom. The first-order valence-electron chi connectivity index (χ1n) is 11.8. The SMILES string of the molecule is C=C(O)Cc1c(C2=CCN(C(C)C)CCC2)cc2c(c1C)N(SC)Cc1cc(OC)ccc1-2. The van der Waals surface area contributed by atoms with E-state index in [0.717, 1.165) is 38.2 Å². The van der Waals surface area contributed by atoms with Gasteiger partial charge in [-0.15, -0.1) is 0 Å². The summed E-state index contributed by atoms with van der Waals surface area (Å²) in [5.74, 6) is 1.11. The fraction of sp³-hybridized carbons (Fsp3) is 0.429. The Kier molecular flexibility index (Phi) is 7.10. The topological polar surface area (TPSA) is 35.9 Å². The van der Waals surface area contributed by atoms with Crippen molar-refractivity contribution < 1.29 is 9.84 Å². The maximum atomic E-state index is 10.2. The second-order valence-corrected chi connectivity index (χ2v) is 10.1. The predicted molar refractivity (Wildman–Crippen MR) is 142 cm³/mol. The van der Waals surface area contributed by atoms with Gasteiger partial charge in [0.25, 0.3) is 0 Å². The van der Waals surface area contributed by atoms with Gasteiger partial charge in [0, 0.05) is 30.8 Å². The Hall–Kier alpha value is -2.37. The number of hydrogen-bond donors (Lipinski definition) is 1. The van der Waals surface area contributed by atoms with Crippen molar-refractivity contribution in [2.24, 2.45) is 0 Å². The minimum absolute atomic E-state index is 0.217. The van der Waals surface area contributed by atoms with Gasteiger partial charge in [-0.2, -0.15) is 0 Å². The van der Waals surface area contributed by atoms with E-state index in [9.17, 15) is 5.11 Å². The van der Waals surface area contributed by atoms with Crippen molar-refractivity contribution in [3.05, 3.63) is 64.9 Å². The van der Waals surface area contributed by atoms with Crippen LogP contribution in [0.4, 0.5) is 5.69 Å². The Morgan fingerprint density at radius 2 is 2.00 bits per heavy atom. The molecule has 2 aliphatic rings. The minimum Gasteiger partial charge on any atom is -0.513 e. The monoisotopic (exact) mass is 464 g/mol. The maximum absolute atomic E-state index is 10.2. The van der Waals surface area contributed by atoms with Crippen LogP contribution in [0.2, 0.25) is 0 Å². The molecule has 0 aliphatic carbocycles. The number of fused-ring (bicyclic) bond motifs is 3. The van der Waals surface area contributed by atoms with E-state index in [0.29, 0.717) is 12.5 Å². The Morgan fingerprint density at radius 1 is 1.21 bits per heavy atom. The van der Waals surface area contributed by atoms with Crippen molar-refractivity contribution in [3.63, 3.8) is 0 Å². The van der Waals surface area contributed by atoms with Crippen molar-refractivity contribution >= 4 is 23.2 Å². The summed E-state index contributed by atoms with van der Waals surface area (Å²) in [5.41, 5.74) is 10.1. The lowest BCUT2D eigenvalue weighted by Gasteiger charge is -2.34. The predicted octanol–water partition coefficient (Wildman–Crippen LogP) is 6.77. The highest BCUT2D eigenvalue weighted by molar-refractivity contribution is 7.99. The largest absolute Gasteiger partial charge is 0.513 e. The summed E-state index contributed by atoms with van der Waals surface area (Å²) >= 11 is 1.74. The van der Waals surface area contributed by atoms with Crippen LogP contribution in [-0.4, -0.2) is 42.5 Å². The van der Waals surface area contributed by atoms with E-state index in [1.54, 1.807) is 19.1 Å². The van der Waals surface area contributed by atoms with Gasteiger partial charge in [-0.3, -0.25) is 4.90 Å². The van der Waals surface area contributed by atoms with Gasteiger partial charge < -0.3 is 14.1 Å². The molecular weight excluding hydrogens is 428 g/mol. The number of allylic oxidation sites excluding steroid dienone is 2. The van der Waals surface area contributed by atoms with Crippen LogP contribution in [0.3, 0.4) is 0 Å². The summed E-state index contributed by atoms with van der Waals surface area (Å²) < 4.78 is 7.87. The zero-order chi connectivity index (χ0) is 23.7. The summed E-state index contributed by atoms with van der Waals surface area (Å²) in [4.78, 5) is 2.53. The average molecular weight is 465 g/mol. The second-order valence-electron chi connectivity index (χ2n) is 9.33. The Labute approximate surface area is 203 Å². The van der Waals surface area contributed by atoms with Gasteiger partial charge in [0.1, 0.15) is 5.75 Å². The minimum atomic E-state index is 0.217. The van der Waals surface area contributed by atoms with Gasteiger partial charge in [0.15, 0.2) is 0 Å². The third-order valence-electron chi connectivity index (χ3n) is 6.98. The van der Waals surface area contributed by atoms with Crippen molar-refractivity contribution in [1.82, 2.24) is 4.90 Å². The first kappa shape index (κ1) is 23.8. The first-order chi connectivity index (χ1) is 15.8. The number of anilines is 1. The van der Waals surface area contributed by atoms with Crippen LogP contribution >= 0.6 is 11.9 Å². The number of aliphatic hydroxyl groups excluding tert-OH is 1. The molecule has 2 heterocycles. The fourth-order valence-corrected chi connectivity index (χ4v) is 5.87. The quantitative estimate of drug-likeness (QED) is 0.377. The molecule has 0 bridgehead atoms. The lowest BCUT2D eigenvalue weighted by molar-refractivity contribution is 0.248. The number of nitrogens with zero attached hydrogens (tertiary/aromatic N) is 2. The van der Waals surface area contributed by atoms with Crippen LogP contribution in [0.1, 0.15) is 48.9 Å². The van der Waals surface area contributed by atoms with E-state index in [-0.39, 0.29) is 5.76 Å². The number of ether oxygens (including phenoxy) is 1. The molecule has 0 fully saturated rings. The molecule has 0 unspecified atom stereocenters. The van der Waals surface area contributed by atoms with E-state index in [4.69, 9.17) is 4.74 Å². The molecule has 4 rings (SSSR count). The van der Waals surface area contributed by atoms with Gasteiger partial charge in [-0.25, -0.2) is 0 Å². The molecule has 5 heteroatoms. The van der Waals surface area contributed by atoms with E-state index in [1.165, 1.54) is 44.6 Å².